The Morgan fingerprint density at radius 1 is 1.07 bits per heavy atom. The van der Waals surface area contributed by atoms with Crippen molar-refractivity contribution in [3.63, 3.8) is 0 Å². The summed E-state index contributed by atoms with van der Waals surface area (Å²) in [4.78, 5) is 16.2. The van der Waals surface area contributed by atoms with Crippen LogP contribution < -0.4 is 0 Å². The molecular formula is C23H16ClNO3. The van der Waals surface area contributed by atoms with Crippen molar-refractivity contribution in [2.24, 2.45) is 0 Å². The van der Waals surface area contributed by atoms with Crippen molar-refractivity contribution in [3.05, 3.63) is 88.3 Å². The molecule has 1 N–H and O–H groups in total. The largest absolute Gasteiger partial charge is 0.478 e. The van der Waals surface area contributed by atoms with Gasteiger partial charge in [0.15, 0.2) is 0 Å². The zero-order valence-corrected chi connectivity index (χ0v) is 15.8. The van der Waals surface area contributed by atoms with Crippen molar-refractivity contribution in [1.82, 2.24) is 4.98 Å². The van der Waals surface area contributed by atoms with E-state index in [9.17, 15) is 9.90 Å². The molecule has 5 heteroatoms. The molecule has 2 aromatic heterocycles. The fourth-order valence-electron chi connectivity index (χ4n) is 3.04. The van der Waals surface area contributed by atoms with E-state index < -0.39 is 5.97 Å². The molecule has 0 bridgehead atoms. The Morgan fingerprint density at radius 2 is 1.89 bits per heavy atom. The monoisotopic (exact) mass is 389 g/mol. The topological polar surface area (TPSA) is 63.3 Å². The van der Waals surface area contributed by atoms with Crippen LogP contribution in [0.5, 0.6) is 0 Å². The molecule has 0 unspecified atom stereocenters. The van der Waals surface area contributed by atoms with Gasteiger partial charge in [-0.1, -0.05) is 35.4 Å². The summed E-state index contributed by atoms with van der Waals surface area (Å²) in [6.07, 6.45) is 3.50. The number of rotatable bonds is 4. The second-order valence-electron chi connectivity index (χ2n) is 6.44. The predicted octanol–water partition coefficient (Wildman–Crippen LogP) is 6.33. The van der Waals surface area contributed by atoms with Gasteiger partial charge in [-0.15, -0.1) is 0 Å². The molecular weight excluding hydrogens is 374 g/mol. The number of benzene rings is 2. The number of nitrogens with zero attached hydrogens (tertiary/aromatic N) is 1. The Kier molecular flexibility index (Phi) is 4.72. The van der Waals surface area contributed by atoms with Gasteiger partial charge in [0, 0.05) is 10.9 Å². The summed E-state index contributed by atoms with van der Waals surface area (Å²) in [6.45, 7) is 1.92. The Morgan fingerprint density at radius 3 is 2.68 bits per heavy atom. The number of aromatic nitrogens is 1. The second-order valence-corrected chi connectivity index (χ2v) is 6.84. The summed E-state index contributed by atoms with van der Waals surface area (Å²) in [5.41, 5.74) is 3.22. The third kappa shape index (κ3) is 3.55. The SMILES string of the molecule is Cc1ccc2nc(/C=C/c3ccc(-c4ccccc4Cl)o3)cc(C(=O)O)c2c1. The molecule has 2 aromatic carbocycles. The number of halogens is 1. The maximum absolute atomic E-state index is 11.7. The molecule has 0 atom stereocenters. The van der Waals surface area contributed by atoms with E-state index in [4.69, 9.17) is 16.0 Å². The molecule has 28 heavy (non-hydrogen) atoms. The quantitative estimate of drug-likeness (QED) is 0.443. The fourth-order valence-corrected chi connectivity index (χ4v) is 3.27. The van der Waals surface area contributed by atoms with Crippen LogP contribution in [0.4, 0.5) is 0 Å². The van der Waals surface area contributed by atoms with Gasteiger partial charge in [0.2, 0.25) is 0 Å². The van der Waals surface area contributed by atoms with Crippen LogP contribution in [0, 0.1) is 6.92 Å². The van der Waals surface area contributed by atoms with Crippen LogP contribution in [0.15, 0.2) is 65.1 Å². The molecule has 0 aliphatic carbocycles. The normalized spacial score (nSPS) is 11.4. The standard InChI is InChI=1S/C23H16ClNO3/c1-14-6-10-21-18(12-14)19(23(26)27)13-15(25-21)7-8-16-9-11-22(28-16)17-4-2-3-5-20(17)24/h2-13H,1H3,(H,26,27)/b8-7+. The summed E-state index contributed by atoms with van der Waals surface area (Å²) >= 11 is 6.21. The Bertz CT molecular complexity index is 1220. The van der Waals surface area contributed by atoms with Gasteiger partial charge in [-0.05, 0) is 61.5 Å². The lowest BCUT2D eigenvalue weighted by atomic mass is 10.1. The van der Waals surface area contributed by atoms with Crippen molar-refractivity contribution in [2.75, 3.05) is 0 Å². The number of fused-ring (bicyclic) bond motifs is 1. The molecule has 4 rings (SSSR count). The van der Waals surface area contributed by atoms with E-state index in [1.165, 1.54) is 0 Å². The van der Waals surface area contributed by atoms with Crippen molar-refractivity contribution in [2.45, 2.75) is 6.92 Å². The molecule has 0 saturated heterocycles. The van der Waals surface area contributed by atoms with Crippen LogP contribution in [0.1, 0.15) is 27.4 Å². The lowest BCUT2D eigenvalue weighted by molar-refractivity contribution is 0.0699. The van der Waals surface area contributed by atoms with Crippen LogP contribution in [0.2, 0.25) is 5.02 Å². The number of carboxylic acid groups (broad SMARTS) is 1. The van der Waals surface area contributed by atoms with Gasteiger partial charge < -0.3 is 9.52 Å². The number of aromatic carboxylic acids is 1. The number of aryl methyl sites for hydroxylation is 1. The van der Waals surface area contributed by atoms with E-state index in [0.29, 0.717) is 33.1 Å². The average molecular weight is 390 g/mol. The minimum atomic E-state index is -0.980. The van der Waals surface area contributed by atoms with E-state index in [1.807, 2.05) is 61.5 Å². The summed E-state index contributed by atoms with van der Waals surface area (Å²) in [7, 11) is 0. The van der Waals surface area contributed by atoms with Gasteiger partial charge in [0.25, 0.3) is 0 Å². The first kappa shape index (κ1) is 18.0. The minimum absolute atomic E-state index is 0.226. The number of hydrogen-bond donors (Lipinski definition) is 1. The molecule has 0 spiro atoms. The maximum Gasteiger partial charge on any atom is 0.336 e. The number of hydrogen-bond acceptors (Lipinski definition) is 3. The van der Waals surface area contributed by atoms with Gasteiger partial charge in [-0.3, -0.25) is 0 Å². The minimum Gasteiger partial charge on any atom is -0.478 e. The molecule has 0 saturated carbocycles. The molecule has 4 nitrogen and oxygen atoms in total. The third-order valence-corrected chi connectivity index (χ3v) is 4.73. The summed E-state index contributed by atoms with van der Waals surface area (Å²) in [5.74, 6) is 0.308. The second kappa shape index (κ2) is 7.33. The molecule has 0 radical (unpaired) electrons. The van der Waals surface area contributed by atoms with Crippen LogP contribution in [0.25, 0.3) is 34.4 Å². The lowest BCUT2D eigenvalue weighted by Gasteiger charge is -2.05. The molecule has 4 aromatic rings. The van der Waals surface area contributed by atoms with Crippen LogP contribution in [-0.4, -0.2) is 16.1 Å². The fraction of sp³-hybridized carbons (Fsp3) is 0.0435. The van der Waals surface area contributed by atoms with E-state index >= 15 is 0 Å². The van der Waals surface area contributed by atoms with Crippen LogP contribution in [-0.2, 0) is 0 Å². The smallest absolute Gasteiger partial charge is 0.336 e. The van der Waals surface area contributed by atoms with Crippen molar-refractivity contribution >= 4 is 40.6 Å². The number of furan rings is 1. The molecule has 0 fully saturated rings. The highest BCUT2D eigenvalue weighted by Gasteiger charge is 2.11. The van der Waals surface area contributed by atoms with Crippen molar-refractivity contribution < 1.29 is 14.3 Å². The summed E-state index contributed by atoms with van der Waals surface area (Å²) < 4.78 is 5.84. The number of carbonyl (C=O) groups is 1. The third-order valence-electron chi connectivity index (χ3n) is 4.40. The first-order chi connectivity index (χ1) is 13.5. The highest BCUT2D eigenvalue weighted by atomic mass is 35.5. The number of carboxylic acids is 1. The van der Waals surface area contributed by atoms with Gasteiger partial charge >= 0.3 is 5.97 Å². The molecule has 0 aliphatic heterocycles. The Hall–Kier alpha value is -3.37. The Labute approximate surface area is 166 Å². The van der Waals surface area contributed by atoms with Gasteiger partial charge in [0.05, 0.1) is 21.8 Å². The lowest BCUT2D eigenvalue weighted by Crippen LogP contribution is -2.00. The zero-order chi connectivity index (χ0) is 19.7. The van der Waals surface area contributed by atoms with E-state index in [1.54, 1.807) is 18.2 Å². The first-order valence-electron chi connectivity index (χ1n) is 8.69. The molecule has 0 amide bonds. The summed E-state index contributed by atoms with van der Waals surface area (Å²) in [5, 5.41) is 10.8. The van der Waals surface area contributed by atoms with Crippen molar-refractivity contribution in [1.29, 1.82) is 0 Å². The predicted molar refractivity (Wildman–Crippen MR) is 112 cm³/mol. The highest BCUT2D eigenvalue weighted by Crippen LogP contribution is 2.29. The summed E-state index contributed by atoms with van der Waals surface area (Å²) in [6, 6.07) is 18.3. The Balaban J connectivity index is 1.69. The van der Waals surface area contributed by atoms with Gasteiger partial charge in [-0.2, -0.15) is 0 Å². The van der Waals surface area contributed by atoms with Crippen LogP contribution in [0.3, 0.4) is 0 Å². The van der Waals surface area contributed by atoms with Gasteiger partial charge in [0.1, 0.15) is 11.5 Å². The van der Waals surface area contributed by atoms with E-state index in [2.05, 4.69) is 4.98 Å². The van der Waals surface area contributed by atoms with Gasteiger partial charge in [-0.25, -0.2) is 9.78 Å². The van der Waals surface area contributed by atoms with E-state index in [0.717, 1.165) is 11.1 Å². The van der Waals surface area contributed by atoms with E-state index in [-0.39, 0.29) is 5.56 Å². The van der Waals surface area contributed by atoms with Crippen LogP contribution >= 0.6 is 11.6 Å². The average Bonchev–Trinajstić information content (AvgIpc) is 3.15. The highest BCUT2D eigenvalue weighted by molar-refractivity contribution is 6.33. The molecule has 0 aliphatic rings. The zero-order valence-electron chi connectivity index (χ0n) is 15.0. The molecule has 138 valence electrons. The molecule has 2 heterocycles. The maximum atomic E-state index is 11.7. The van der Waals surface area contributed by atoms with Crippen molar-refractivity contribution in [3.8, 4) is 11.3 Å². The number of pyridine rings is 1. The first-order valence-corrected chi connectivity index (χ1v) is 9.06.